The molecule has 7 nitrogen and oxygen atoms in total. The summed E-state index contributed by atoms with van der Waals surface area (Å²) in [6.45, 7) is 2.28. The molecule has 3 heterocycles. The molecule has 2 aliphatic carbocycles. The Morgan fingerprint density at radius 1 is 0.844 bits per heavy atom. The van der Waals surface area contributed by atoms with Crippen LogP contribution in [0.5, 0.6) is 0 Å². The summed E-state index contributed by atoms with van der Waals surface area (Å²) in [5, 5.41) is 2.98. The zero-order valence-corrected chi connectivity index (χ0v) is 19.6. The molecule has 3 saturated heterocycles. The average Bonchev–Trinajstić information content (AvgIpc) is 3.54. The van der Waals surface area contributed by atoms with E-state index < -0.39 is 16.2 Å². The van der Waals surface area contributed by atoms with Crippen LogP contribution in [0.2, 0.25) is 0 Å². The first kappa shape index (κ1) is 20.9. The molecule has 0 saturated carbocycles. The molecule has 1 aromatic rings. The Balaban J connectivity index is 1.18. The largest absolute Gasteiger partial charge is 0.333 e. The molecule has 8 heteroatoms. The number of carbonyl (C=O) groups excluding carboxylic acids is 1. The zero-order valence-electron chi connectivity index (χ0n) is 18.7. The first-order chi connectivity index (χ1) is 15.5. The maximum Gasteiger partial charge on any atom is 0.333 e. The van der Waals surface area contributed by atoms with Crippen LogP contribution in [-0.4, -0.2) is 54.9 Å². The van der Waals surface area contributed by atoms with Gasteiger partial charge in [0.1, 0.15) is 0 Å². The topological polar surface area (TPSA) is 81.8 Å². The first-order valence-electron chi connectivity index (χ1n) is 12.5. The van der Waals surface area contributed by atoms with Crippen LogP contribution in [0.1, 0.15) is 73.6 Å². The Morgan fingerprint density at radius 2 is 1.44 bits per heavy atom. The van der Waals surface area contributed by atoms with Gasteiger partial charge in [0.05, 0.1) is 0 Å². The second-order valence-electron chi connectivity index (χ2n) is 10.4. The number of urea groups is 1. The highest BCUT2D eigenvalue weighted by atomic mass is 32.2. The zero-order chi connectivity index (χ0) is 21.9. The number of amides is 2. The molecule has 0 radical (unpaired) electrons. The number of nitrogens with one attached hydrogen (secondary N) is 2. The third-order valence-electron chi connectivity index (χ3n) is 8.51. The summed E-state index contributed by atoms with van der Waals surface area (Å²) in [6.07, 6.45) is 12.3. The van der Waals surface area contributed by atoms with E-state index in [4.69, 9.17) is 0 Å². The van der Waals surface area contributed by atoms with Gasteiger partial charge in [-0.15, -0.1) is 0 Å². The summed E-state index contributed by atoms with van der Waals surface area (Å²) in [6, 6.07) is 2.21. The molecule has 32 heavy (non-hydrogen) atoms. The van der Waals surface area contributed by atoms with Gasteiger partial charge in [0.15, 0.2) is 0 Å². The van der Waals surface area contributed by atoms with Crippen molar-refractivity contribution in [3.8, 4) is 0 Å². The number of aryl methyl sites for hydroxylation is 2. The lowest BCUT2D eigenvalue weighted by molar-refractivity contribution is 0.123. The predicted molar refractivity (Wildman–Crippen MR) is 124 cm³/mol. The van der Waals surface area contributed by atoms with Gasteiger partial charge in [-0.1, -0.05) is 6.07 Å². The van der Waals surface area contributed by atoms with Crippen LogP contribution < -0.4 is 10.0 Å². The molecule has 1 aromatic carbocycles. The number of anilines is 1. The molecule has 174 valence electrons. The van der Waals surface area contributed by atoms with Gasteiger partial charge in [-0.3, -0.25) is 0 Å². The predicted octanol–water partition coefficient (Wildman–Crippen LogP) is 3.12. The fourth-order valence-electron chi connectivity index (χ4n) is 7.18. The van der Waals surface area contributed by atoms with E-state index in [-0.39, 0.29) is 12.1 Å². The normalized spacial score (nSPS) is 29.8. The van der Waals surface area contributed by atoms with Crippen LogP contribution >= 0.6 is 0 Å². The van der Waals surface area contributed by atoms with E-state index in [0.717, 1.165) is 83.0 Å². The number of nitrogens with zero attached hydrogens (tertiary/aromatic N) is 2. The van der Waals surface area contributed by atoms with Crippen LogP contribution in [0.15, 0.2) is 6.07 Å². The van der Waals surface area contributed by atoms with Crippen molar-refractivity contribution >= 4 is 21.9 Å². The van der Waals surface area contributed by atoms with Gasteiger partial charge in [0, 0.05) is 23.8 Å². The van der Waals surface area contributed by atoms with Crippen LogP contribution in [0.25, 0.3) is 0 Å². The molecular formula is C24H34N4O3S. The Morgan fingerprint density at radius 3 is 2.03 bits per heavy atom. The molecule has 0 spiro atoms. The first-order valence-corrected chi connectivity index (χ1v) is 14.0. The third kappa shape index (κ3) is 3.55. The van der Waals surface area contributed by atoms with Crippen molar-refractivity contribution < 1.29 is 13.2 Å². The molecule has 3 fully saturated rings. The molecule has 5 aliphatic rings. The van der Waals surface area contributed by atoms with Crippen LogP contribution in [0, 0.1) is 0 Å². The summed E-state index contributed by atoms with van der Waals surface area (Å²) in [5.41, 5.74) is 5.96. The van der Waals surface area contributed by atoms with Gasteiger partial charge in [-0.25, -0.2) is 9.52 Å². The smallest absolute Gasteiger partial charge is 0.307 e. The van der Waals surface area contributed by atoms with Crippen LogP contribution in [0.4, 0.5) is 10.5 Å². The van der Waals surface area contributed by atoms with Gasteiger partial charge in [0.25, 0.3) is 0 Å². The number of hydrogen-bond acceptors (Lipinski definition) is 4. The van der Waals surface area contributed by atoms with Crippen LogP contribution in [-0.2, 0) is 35.9 Å². The lowest BCUT2D eigenvalue weighted by atomic mass is 9.98. The minimum Gasteiger partial charge on any atom is -0.307 e. The van der Waals surface area contributed by atoms with Crippen molar-refractivity contribution in [3.05, 3.63) is 28.3 Å². The van der Waals surface area contributed by atoms with Crippen LogP contribution in [0.3, 0.4) is 0 Å². The lowest BCUT2D eigenvalue weighted by Crippen LogP contribution is -2.56. The number of carbonyl (C=O) groups is 1. The van der Waals surface area contributed by atoms with E-state index in [1.807, 2.05) is 0 Å². The SMILES string of the molecule is O=C(Nc1c2c(cc3c1CCC3)CCC2)NS(=O)(=O)N1C2CCC1CC(N1CCCC1)C2. The summed E-state index contributed by atoms with van der Waals surface area (Å²) in [4.78, 5) is 15.5. The fraction of sp³-hybridized carbons (Fsp3) is 0.708. The molecule has 6 rings (SSSR count). The van der Waals surface area contributed by atoms with Crippen molar-refractivity contribution in [2.75, 3.05) is 18.4 Å². The molecule has 0 aromatic heterocycles. The quantitative estimate of drug-likeness (QED) is 0.726. The summed E-state index contributed by atoms with van der Waals surface area (Å²) >= 11 is 0. The minimum atomic E-state index is -3.86. The monoisotopic (exact) mass is 458 g/mol. The van der Waals surface area contributed by atoms with E-state index in [1.165, 1.54) is 35.1 Å². The van der Waals surface area contributed by atoms with Crippen molar-refractivity contribution in [2.24, 2.45) is 0 Å². The number of benzene rings is 1. The Hall–Kier alpha value is -1.64. The Bertz CT molecular complexity index is 988. The number of piperidine rings is 1. The van der Waals surface area contributed by atoms with Gasteiger partial charge in [0.2, 0.25) is 0 Å². The van der Waals surface area contributed by atoms with E-state index in [1.54, 1.807) is 4.31 Å². The number of likely N-dealkylation sites (tertiary alicyclic amines) is 1. The molecule has 2 N–H and O–H groups in total. The molecule has 3 aliphatic heterocycles. The average molecular weight is 459 g/mol. The molecule has 2 unspecified atom stereocenters. The lowest BCUT2D eigenvalue weighted by Gasteiger charge is -2.41. The summed E-state index contributed by atoms with van der Waals surface area (Å²) in [5.74, 6) is 0. The highest BCUT2D eigenvalue weighted by molar-refractivity contribution is 7.87. The highest BCUT2D eigenvalue weighted by Crippen LogP contribution is 2.41. The number of fused-ring (bicyclic) bond motifs is 4. The molecular weight excluding hydrogens is 424 g/mol. The number of hydrogen-bond donors (Lipinski definition) is 2. The third-order valence-corrected chi connectivity index (χ3v) is 10.1. The van der Waals surface area contributed by atoms with Crippen molar-refractivity contribution in [1.82, 2.24) is 13.9 Å². The maximum atomic E-state index is 13.3. The Labute approximate surface area is 191 Å². The fourth-order valence-corrected chi connectivity index (χ4v) is 8.74. The van der Waals surface area contributed by atoms with Gasteiger partial charge < -0.3 is 10.2 Å². The minimum absolute atomic E-state index is 0.00914. The van der Waals surface area contributed by atoms with Crippen molar-refractivity contribution in [1.29, 1.82) is 0 Å². The number of rotatable bonds is 4. The second kappa shape index (κ2) is 7.99. The molecule has 2 atom stereocenters. The highest BCUT2D eigenvalue weighted by Gasteiger charge is 2.48. The van der Waals surface area contributed by atoms with Gasteiger partial charge in [-0.05, 0) is 112 Å². The van der Waals surface area contributed by atoms with E-state index in [9.17, 15) is 13.2 Å². The van der Waals surface area contributed by atoms with E-state index >= 15 is 0 Å². The van der Waals surface area contributed by atoms with E-state index in [0.29, 0.717) is 6.04 Å². The Kier molecular flexibility index (Phi) is 5.23. The van der Waals surface area contributed by atoms with Crippen molar-refractivity contribution in [3.63, 3.8) is 0 Å². The summed E-state index contributed by atoms with van der Waals surface area (Å²) < 4.78 is 30.6. The summed E-state index contributed by atoms with van der Waals surface area (Å²) in [7, 11) is -3.86. The molecule has 2 bridgehead atoms. The standard InChI is InChI=1S/C24H34N4O3S/c29-24(25-23-21-7-3-5-16(21)13-17-6-4-8-22(17)23)26-32(30,31)28-18-9-10-19(28)15-20(14-18)27-11-1-2-12-27/h13,18-20H,1-12,14-15H2,(H2,25,26,29). The van der Waals surface area contributed by atoms with E-state index in [2.05, 4.69) is 21.0 Å². The maximum absolute atomic E-state index is 13.3. The van der Waals surface area contributed by atoms with Crippen molar-refractivity contribution in [2.45, 2.75) is 95.2 Å². The van der Waals surface area contributed by atoms with Gasteiger partial charge >= 0.3 is 16.2 Å². The van der Waals surface area contributed by atoms with Gasteiger partial charge in [-0.2, -0.15) is 12.7 Å². The molecule has 2 amide bonds. The second-order valence-corrected chi connectivity index (χ2v) is 12.0.